The molecule has 2 saturated carbocycles. The zero-order valence-electron chi connectivity index (χ0n) is 20.4. The van der Waals surface area contributed by atoms with Crippen LogP contribution in [0.3, 0.4) is 0 Å². The quantitative estimate of drug-likeness (QED) is 0.267. The number of benzene rings is 3. The summed E-state index contributed by atoms with van der Waals surface area (Å²) in [6.45, 7) is 0. The number of nitrogens with zero attached hydrogens (tertiary/aromatic N) is 1. The molecule has 3 aromatic carbocycles. The predicted molar refractivity (Wildman–Crippen MR) is 148 cm³/mol. The molecular weight excluding hydrogens is 433 g/mol. The lowest BCUT2D eigenvalue weighted by Crippen LogP contribution is -2.28. The Morgan fingerprint density at radius 2 is 1.29 bits per heavy atom. The molecule has 0 saturated heterocycles. The van der Waals surface area contributed by atoms with Gasteiger partial charge >= 0.3 is 0 Å². The van der Waals surface area contributed by atoms with Crippen molar-refractivity contribution in [3.8, 4) is 11.4 Å². The van der Waals surface area contributed by atoms with Crippen LogP contribution in [-0.4, -0.2) is 23.0 Å². The molecule has 2 aliphatic rings. The highest BCUT2D eigenvalue weighted by atomic mass is 31.1. The van der Waals surface area contributed by atoms with Crippen molar-refractivity contribution in [3.05, 3.63) is 66.7 Å². The third-order valence-corrected chi connectivity index (χ3v) is 11.8. The van der Waals surface area contributed by atoms with Crippen molar-refractivity contribution in [2.24, 2.45) is 0 Å². The number of para-hydroxylation sites is 2. The first-order chi connectivity index (χ1) is 16.8. The van der Waals surface area contributed by atoms with Gasteiger partial charge in [-0.1, -0.05) is 82.8 Å². The van der Waals surface area contributed by atoms with Gasteiger partial charge in [0.2, 0.25) is 0 Å². The zero-order chi connectivity index (χ0) is 22.9. The lowest BCUT2D eigenvalue weighted by atomic mass is 9.99. The molecule has 0 aliphatic heterocycles. The van der Waals surface area contributed by atoms with Crippen LogP contribution in [0.15, 0.2) is 66.7 Å². The van der Waals surface area contributed by atoms with Crippen LogP contribution in [-0.2, 0) is 0 Å². The van der Waals surface area contributed by atoms with Crippen LogP contribution < -0.4 is 10.0 Å². The Balaban J connectivity index is 1.58. The molecule has 0 spiro atoms. The van der Waals surface area contributed by atoms with E-state index in [2.05, 4.69) is 71.3 Å². The highest BCUT2D eigenvalue weighted by Gasteiger charge is 2.34. The zero-order valence-corrected chi connectivity index (χ0v) is 21.3. The van der Waals surface area contributed by atoms with E-state index in [1.165, 1.54) is 91.7 Å². The molecule has 34 heavy (non-hydrogen) atoms. The van der Waals surface area contributed by atoms with E-state index in [1.54, 1.807) is 12.4 Å². The van der Waals surface area contributed by atoms with Gasteiger partial charge in [-0.2, -0.15) is 0 Å². The normalized spacial score (nSPS) is 18.2. The molecule has 6 rings (SSSR count). The highest BCUT2D eigenvalue weighted by Crippen LogP contribution is 2.56. The summed E-state index contributed by atoms with van der Waals surface area (Å²) in [5, 5.41) is 4.28. The second-order valence-electron chi connectivity index (χ2n) is 10.2. The molecule has 2 fully saturated rings. The molecule has 2 aliphatic carbocycles. The topological polar surface area (TPSA) is 14.2 Å². The monoisotopic (exact) mass is 469 g/mol. The molecular formula is C31H36NOP. The average Bonchev–Trinajstić information content (AvgIpc) is 3.24. The van der Waals surface area contributed by atoms with Crippen LogP contribution in [0.2, 0.25) is 0 Å². The minimum absolute atomic E-state index is 0.192. The second kappa shape index (κ2) is 9.74. The van der Waals surface area contributed by atoms with E-state index in [1.807, 2.05) is 0 Å². The van der Waals surface area contributed by atoms with Crippen LogP contribution in [0, 0.1) is 0 Å². The van der Waals surface area contributed by atoms with Crippen molar-refractivity contribution in [2.45, 2.75) is 75.5 Å². The number of rotatable bonds is 5. The first-order valence-corrected chi connectivity index (χ1v) is 14.8. The minimum atomic E-state index is -0.192. The third kappa shape index (κ3) is 3.95. The van der Waals surface area contributed by atoms with E-state index in [-0.39, 0.29) is 7.92 Å². The first kappa shape index (κ1) is 22.2. The first-order valence-electron chi connectivity index (χ1n) is 13.3. The predicted octanol–water partition coefficient (Wildman–Crippen LogP) is 8.56. The summed E-state index contributed by atoms with van der Waals surface area (Å²) in [7, 11) is 1.58. The number of fused-ring (bicyclic) bond motifs is 3. The Labute approximate surface area is 205 Å². The summed E-state index contributed by atoms with van der Waals surface area (Å²) < 4.78 is 8.21. The standard InChI is InChI=1S/C31H36NOP/c1-33-23-20-21-27-26-16-8-9-17-28(26)32(30(27)22-23)29-18-10-11-19-31(29)34(24-12-4-2-5-13-24)25-14-6-3-7-15-25/h8-11,16-22,24-25H,2-7,12-15H2,1H3. The molecule has 1 heterocycles. The van der Waals surface area contributed by atoms with Crippen LogP contribution in [0.1, 0.15) is 64.2 Å². The maximum atomic E-state index is 5.67. The summed E-state index contributed by atoms with van der Waals surface area (Å²) in [5.41, 5.74) is 5.74. The number of methoxy groups -OCH3 is 1. The van der Waals surface area contributed by atoms with Crippen molar-refractivity contribution < 1.29 is 4.74 Å². The van der Waals surface area contributed by atoms with Crippen molar-refractivity contribution in [1.29, 1.82) is 0 Å². The lowest BCUT2D eigenvalue weighted by Gasteiger charge is -2.39. The molecule has 0 amide bonds. The maximum absolute atomic E-state index is 5.67. The minimum Gasteiger partial charge on any atom is -0.497 e. The SMILES string of the molecule is COc1ccc2c3ccccc3n(-c3ccccc3P(C3CCCCC3)C3CCCCC3)c2c1. The van der Waals surface area contributed by atoms with Gasteiger partial charge in [-0.15, -0.1) is 0 Å². The lowest BCUT2D eigenvalue weighted by molar-refractivity contribution is 0.415. The Bertz CT molecular complexity index is 1260. The largest absolute Gasteiger partial charge is 0.497 e. The third-order valence-electron chi connectivity index (χ3n) is 8.22. The van der Waals surface area contributed by atoms with Gasteiger partial charge in [-0.3, -0.25) is 0 Å². The van der Waals surface area contributed by atoms with Gasteiger partial charge in [-0.25, -0.2) is 0 Å². The van der Waals surface area contributed by atoms with Crippen molar-refractivity contribution >= 4 is 35.0 Å². The molecule has 0 radical (unpaired) electrons. The molecule has 0 atom stereocenters. The Hall–Kier alpha value is -2.31. The van der Waals surface area contributed by atoms with Crippen LogP contribution in [0.4, 0.5) is 0 Å². The van der Waals surface area contributed by atoms with E-state index >= 15 is 0 Å². The summed E-state index contributed by atoms with van der Waals surface area (Å²) in [4.78, 5) is 0. The van der Waals surface area contributed by atoms with Crippen molar-refractivity contribution in [2.75, 3.05) is 7.11 Å². The Morgan fingerprint density at radius 3 is 2.00 bits per heavy atom. The van der Waals surface area contributed by atoms with Crippen molar-refractivity contribution in [3.63, 3.8) is 0 Å². The summed E-state index contributed by atoms with van der Waals surface area (Å²) >= 11 is 0. The molecule has 0 bridgehead atoms. The second-order valence-corrected chi connectivity index (χ2v) is 13.0. The number of hydrogen-bond donors (Lipinski definition) is 0. The highest BCUT2D eigenvalue weighted by molar-refractivity contribution is 7.67. The van der Waals surface area contributed by atoms with Gasteiger partial charge in [0.25, 0.3) is 0 Å². The van der Waals surface area contributed by atoms with Gasteiger partial charge < -0.3 is 9.30 Å². The summed E-state index contributed by atoms with van der Waals surface area (Å²) in [5.74, 6) is 0.927. The van der Waals surface area contributed by atoms with E-state index in [9.17, 15) is 0 Å². The fourth-order valence-electron chi connectivity index (χ4n) is 6.62. The molecule has 4 aromatic rings. The van der Waals surface area contributed by atoms with Crippen molar-refractivity contribution in [1.82, 2.24) is 4.57 Å². The number of ether oxygens (including phenoxy) is 1. The molecule has 3 heteroatoms. The van der Waals surface area contributed by atoms with Gasteiger partial charge in [0, 0.05) is 22.1 Å². The Kier molecular flexibility index (Phi) is 6.35. The average molecular weight is 470 g/mol. The molecule has 1 aromatic heterocycles. The Morgan fingerprint density at radius 1 is 0.676 bits per heavy atom. The van der Waals surface area contributed by atoms with Crippen LogP contribution in [0.25, 0.3) is 27.5 Å². The van der Waals surface area contributed by atoms with Crippen LogP contribution in [0.5, 0.6) is 5.75 Å². The molecule has 2 nitrogen and oxygen atoms in total. The fraction of sp³-hybridized carbons (Fsp3) is 0.419. The van der Waals surface area contributed by atoms with Gasteiger partial charge in [0.05, 0.1) is 23.8 Å². The number of aromatic nitrogens is 1. The smallest absolute Gasteiger partial charge is 0.120 e. The summed E-state index contributed by atoms with van der Waals surface area (Å²) in [6.07, 6.45) is 14.3. The van der Waals surface area contributed by atoms with E-state index in [4.69, 9.17) is 4.74 Å². The van der Waals surface area contributed by atoms with E-state index < -0.39 is 0 Å². The summed E-state index contributed by atoms with van der Waals surface area (Å²) in [6, 6.07) is 24.9. The van der Waals surface area contributed by atoms with Crippen LogP contribution >= 0.6 is 7.92 Å². The van der Waals surface area contributed by atoms with E-state index in [0.717, 1.165) is 17.1 Å². The van der Waals surface area contributed by atoms with Gasteiger partial charge in [0.1, 0.15) is 5.75 Å². The van der Waals surface area contributed by atoms with Gasteiger partial charge in [-0.05, 0) is 61.3 Å². The fourth-order valence-corrected chi connectivity index (χ4v) is 10.5. The molecule has 0 unspecified atom stereocenters. The van der Waals surface area contributed by atoms with E-state index in [0.29, 0.717) is 0 Å². The maximum Gasteiger partial charge on any atom is 0.120 e. The number of hydrogen-bond acceptors (Lipinski definition) is 1. The van der Waals surface area contributed by atoms with Gasteiger partial charge in [0.15, 0.2) is 0 Å². The molecule has 0 N–H and O–H groups in total. The molecule has 176 valence electrons.